The van der Waals surface area contributed by atoms with Crippen LogP contribution in [-0.4, -0.2) is 18.8 Å². The van der Waals surface area contributed by atoms with Gasteiger partial charge < -0.3 is 14.6 Å². The quantitative estimate of drug-likeness (QED) is 0.778. The smallest absolute Gasteiger partial charge is 0.125 e. The third-order valence-electron chi connectivity index (χ3n) is 2.49. The topological polar surface area (TPSA) is 38.7 Å². The maximum Gasteiger partial charge on any atom is 0.125 e. The fraction of sp³-hybridized carbons (Fsp3) is 0.455. The van der Waals surface area contributed by atoms with E-state index in [0.717, 1.165) is 35.7 Å². The molecular weight excluding hydrogens is 180 g/mol. The van der Waals surface area contributed by atoms with Crippen molar-refractivity contribution in [2.75, 3.05) is 13.7 Å². The summed E-state index contributed by atoms with van der Waals surface area (Å²) in [5.41, 5.74) is 1.94. The standard InChI is InChI=1S/C11H14O3/c1-7(12)9-6-10-8(3-4-14-10)5-11(9)13-2/h5-7,12H,3-4H2,1-2H3. The number of aliphatic hydroxyl groups is 1. The van der Waals surface area contributed by atoms with Gasteiger partial charge in [0.15, 0.2) is 0 Å². The molecule has 1 heterocycles. The first-order valence-electron chi connectivity index (χ1n) is 4.74. The van der Waals surface area contributed by atoms with Crippen molar-refractivity contribution in [1.29, 1.82) is 0 Å². The van der Waals surface area contributed by atoms with Crippen LogP contribution in [0.3, 0.4) is 0 Å². The maximum absolute atomic E-state index is 9.53. The normalized spacial score (nSPS) is 15.9. The number of hydrogen-bond acceptors (Lipinski definition) is 3. The molecule has 1 aliphatic heterocycles. The van der Waals surface area contributed by atoms with E-state index in [1.54, 1.807) is 14.0 Å². The lowest BCUT2D eigenvalue weighted by molar-refractivity contribution is 0.193. The molecule has 3 nitrogen and oxygen atoms in total. The van der Waals surface area contributed by atoms with E-state index in [9.17, 15) is 5.11 Å². The number of hydrogen-bond donors (Lipinski definition) is 1. The minimum atomic E-state index is -0.528. The Morgan fingerprint density at radius 1 is 1.50 bits per heavy atom. The van der Waals surface area contributed by atoms with E-state index in [2.05, 4.69) is 0 Å². The molecule has 14 heavy (non-hydrogen) atoms. The molecule has 0 aromatic heterocycles. The second kappa shape index (κ2) is 3.50. The number of methoxy groups -OCH3 is 1. The summed E-state index contributed by atoms with van der Waals surface area (Å²) in [6.45, 7) is 2.45. The highest BCUT2D eigenvalue weighted by molar-refractivity contribution is 5.48. The van der Waals surface area contributed by atoms with E-state index < -0.39 is 6.10 Å². The van der Waals surface area contributed by atoms with Gasteiger partial charge in [0.05, 0.1) is 19.8 Å². The molecule has 2 rings (SSSR count). The lowest BCUT2D eigenvalue weighted by Crippen LogP contribution is -1.97. The molecule has 3 heteroatoms. The molecule has 0 amide bonds. The SMILES string of the molecule is COc1cc2c(cc1C(C)O)OCC2. The van der Waals surface area contributed by atoms with Gasteiger partial charge in [-0.3, -0.25) is 0 Å². The highest BCUT2D eigenvalue weighted by Crippen LogP contribution is 2.35. The van der Waals surface area contributed by atoms with E-state index in [4.69, 9.17) is 9.47 Å². The second-order valence-electron chi connectivity index (χ2n) is 3.48. The number of aliphatic hydroxyl groups excluding tert-OH is 1. The molecular formula is C11H14O3. The number of benzene rings is 1. The first-order valence-corrected chi connectivity index (χ1v) is 4.74. The third kappa shape index (κ3) is 1.44. The Bertz CT molecular complexity index is 345. The molecule has 0 fully saturated rings. The van der Waals surface area contributed by atoms with Gasteiger partial charge in [0.25, 0.3) is 0 Å². The van der Waals surface area contributed by atoms with Gasteiger partial charge in [-0.2, -0.15) is 0 Å². The average Bonchev–Trinajstić information content (AvgIpc) is 2.62. The largest absolute Gasteiger partial charge is 0.496 e. The zero-order valence-corrected chi connectivity index (χ0v) is 8.41. The fourth-order valence-corrected chi connectivity index (χ4v) is 1.72. The minimum Gasteiger partial charge on any atom is -0.496 e. The summed E-state index contributed by atoms with van der Waals surface area (Å²) in [6, 6.07) is 3.82. The number of rotatable bonds is 2. The Morgan fingerprint density at radius 2 is 2.29 bits per heavy atom. The summed E-state index contributed by atoms with van der Waals surface area (Å²) in [4.78, 5) is 0. The average molecular weight is 194 g/mol. The van der Waals surface area contributed by atoms with Crippen molar-refractivity contribution in [2.24, 2.45) is 0 Å². The van der Waals surface area contributed by atoms with Crippen LogP contribution in [0.5, 0.6) is 11.5 Å². The van der Waals surface area contributed by atoms with Crippen LogP contribution in [0.1, 0.15) is 24.2 Å². The van der Waals surface area contributed by atoms with Crippen molar-refractivity contribution in [3.8, 4) is 11.5 Å². The Morgan fingerprint density at radius 3 is 2.93 bits per heavy atom. The van der Waals surface area contributed by atoms with E-state index >= 15 is 0 Å². The van der Waals surface area contributed by atoms with Gasteiger partial charge in [-0.05, 0) is 19.1 Å². The van der Waals surface area contributed by atoms with Crippen LogP contribution >= 0.6 is 0 Å². The van der Waals surface area contributed by atoms with E-state index in [0.29, 0.717) is 0 Å². The number of fused-ring (bicyclic) bond motifs is 1. The molecule has 0 bridgehead atoms. The van der Waals surface area contributed by atoms with Crippen molar-refractivity contribution in [3.05, 3.63) is 23.3 Å². The van der Waals surface area contributed by atoms with Crippen LogP contribution in [0, 0.1) is 0 Å². The molecule has 1 aromatic rings. The molecule has 0 saturated carbocycles. The number of ether oxygens (including phenoxy) is 2. The fourth-order valence-electron chi connectivity index (χ4n) is 1.72. The van der Waals surface area contributed by atoms with Crippen molar-refractivity contribution in [1.82, 2.24) is 0 Å². The van der Waals surface area contributed by atoms with Gasteiger partial charge in [-0.15, -0.1) is 0 Å². The minimum absolute atomic E-state index is 0.528. The first kappa shape index (κ1) is 9.34. The summed E-state index contributed by atoms with van der Waals surface area (Å²) >= 11 is 0. The summed E-state index contributed by atoms with van der Waals surface area (Å²) < 4.78 is 10.6. The molecule has 0 aliphatic carbocycles. The lowest BCUT2D eigenvalue weighted by Gasteiger charge is -2.12. The maximum atomic E-state index is 9.53. The molecule has 1 N–H and O–H groups in total. The predicted molar refractivity (Wildman–Crippen MR) is 52.8 cm³/mol. The zero-order valence-electron chi connectivity index (χ0n) is 8.41. The molecule has 0 saturated heterocycles. The monoisotopic (exact) mass is 194 g/mol. The van der Waals surface area contributed by atoms with Crippen molar-refractivity contribution in [3.63, 3.8) is 0 Å². The Hall–Kier alpha value is -1.22. The molecule has 1 unspecified atom stereocenters. The van der Waals surface area contributed by atoms with Crippen molar-refractivity contribution in [2.45, 2.75) is 19.4 Å². The van der Waals surface area contributed by atoms with Crippen LogP contribution in [-0.2, 0) is 6.42 Å². The summed E-state index contributed by atoms with van der Waals surface area (Å²) in [7, 11) is 1.61. The summed E-state index contributed by atoms with van der Waals surface area (Å²) in [6.07, 6.45) is 0.394. The Balaban J connectivity index is 2.49. The first-order chi connectivity index (χ1) is 6.72. The van der Waals surface area contributed by atoms with Crippen molar-refractivity contribution < 1.29 is 14.6 Å². The predicted octanol–water partition coefficient (Wildman–Crippen LogP) is 1.68. The van der Waals surface area contributed by atoms with Gasteiger partial charge in [0.1, 0.15) is 11.5 Å². The molecule has 1 aliphatic rings. The van der Waals surface area contributed by atoms with Gasteiger partial charge in [-0.25, -0.2) is 0 Å². The highest BCUT2D eigenvalue weighted by Gasteiger charge is 2.18. The van der Waals surface area contributed by atoms with E-state index in [-0.39, 0.29) is 0 Å². The summed E-state index contributed by atoms with van der Waals surface area (Å²) in [5.74, 6) is 1.62. The van der Waals surface area contributed by atoms with E-state index in [1.807, 2.05) is 12.1 Å². The zero-order chi connectivity index (χ0) is 10.1. The lowest BCUT2D eigenvalue weighted by atomic mass is 10.0. The Labute approximate surface area is 83.3 Å². The van der Waals surface area contributed by atoms with Crippen LogP contribution in [0.4, 0.5) is 0 Å². The highest BCUT2D eigenvalue weighted by atomic mass is 16.5. The van der Waals surface area contributed by atoms with Crippen molar-refractivity contribution >= 4 is 0 Å². The van der Waals surface area contributed by atoms with Gasteiger partial charge in [-0.1, -0.05) is 0 Å². The third-order valence-corrected chi connectivity index (χ3v) is 2.49. The Kier molecular flexibility index (Phi) is 2.33. The second-order valence-corrected chi connectivity index (χ2v) is 3.48. The van der Waals surface area contributed by atoms with Crippen LogP contribution in [0.2, 0.25) is 0 Å². The van der Waals surface area contributed by atoms with Gasteiger partial charge >= 0.3 is 0 Å². The summed E-state index contributed by atoms with van der Waals surface area (Å²) in [5, 5.41) is 9.53. The molecule has 76 valence electrons. The van der Waals surface area contributed by atoms with Gasteiger partial charge in [0.2, 0.25) is 0 Å². The molecule has 1 atom stereocenters. The molecule has 0 radical (unpaired) electrons. The van der Waals surface area contributed by atoms with Crippen LogP contribution in [0.25, 0.3) is 0 Å². The van der Waals surface area contributed by atoms with Gasteiger partial charge in [0, 0.05) is 17.5 Å². The van der Waals surface area contributed by atoms with Crippen LogP contribution < -0.4 is 9.47 Å². The molecule has 1 aromatic carbocycles. The molecule has 0 spiro atoms. The van der Waals surface area contributed by atoms with Crippen LogP contribution in [0.15, 0.2) is 12.1 Å². The van der Waals surface area contributed by atoms with E-state index in [1.165, 1.54) is 0 Å².